The highest BCUT2D eigenvalue weighted by Crippen LogP contribution is 2.21. The topological polar surface area (TPSA) is 86.8 Å². The van der Waals surface area contributed by atoms with Gasteiger partial charge in [-0.2, -0.15) is 0 Å². The Morgan fingerprint density at radius 2 is 1.56 bits per heavy atom. The van der Waals surface area contributed by atoms with Crippen molar-refractivity contribution in [2.75, 3.05) is 17.1 Å². The summed E-state index contributed by atoms with van der Waals surface area (Å²) in [5.74, 6) is -1.42. The maximum Gasteiger partial charge on any atom is 0.244 e. The molecule has 2 amide bonds. The number of halogens is 2. The molecule has 2 atom stereocenters. The van der Waals surface area contributed by atoms with Gasteiger partial charge >= 0.3 is 0 Å². The Balaban J connectivity index is 2.04. The fraction of sp³-hybridized carbons (Fsp3) is 0.310. The highest BCUT2D eigenvalue weighted by molar-refractivity contribution is 9.10. The van der Waals surface area contributed by atoms with E-state index >= 15 is 0 Å². The molecular formula is C29H33BrFN3O4S. The van der Waals surface area contributed by atoms with Crippen LogP contribution in [0.3, 0.4) is 0 Å². The van der Waals surface area contributed by atoms with E-state index < -0.39 is 34.3 Å². The average molecular weight is 619 g/mol. The highest BCUT2D eigenvalue weighted by Gasteiger charge is 2.33. The van der Waals surface area contributed by atoms with Crippen molar-refractivity contribution < 1.29 is 22.4 Å². The standard InChI is InChI=1S/C29H33BrFN3O4S/c1-4-21(2)32-29(36)27(18-22-8-6-5-7-9-22)33(19-23-10-12-24(30)13-11-23)28(35)20-34(39(3,37)38)26-16-14-25(31)15-17-26/h5-17,21,27H,4,18-20H2,1-3H3,(H,32,36)/t21-,27+/m1/s1. The van der Waals surface area contributed by atoms with Gasteiger partial charge in [-0.25, -0.2) is 12.8 Å². The van der Waals surface area contributed by atoms with Crippen molar-refractivity contribution in [3.63, 3.8) is 0 Å². The van der Waals surface area contributed by atoms with Crippen molar-refractivity contribution >= 4 is 43.5 Å². The van der Waals surface area contributed by atoms with E-state index in [4.69, 9.17) is 0 Å². The van der Waals surface area contributed by atoms with E-state index in [0.717, 1.165) is 38.3 Å². The molecule has 3 aromatic carbocycles. The second-order valence-corrected chi connectivity index (χ2v) is 12.2. The van der Waals surface area contributed by atoms with Crippen molar-refractivity contribution in [3.8, 4) is 0 Å². The number of rotatable bonds is 12. The summed E-state index contributed by atoms with van der Waals surface area (Å²) >= 11 is 3.41. The van der Waals surface area contributed by atoms with Gasteiger partial charge in [0.15, 0.2) is 0 Å². The number of nitrogens with zero attached hydrogens (tertiary/aromatic N) is 2. The summed E-state index contributed by atoms with van der Waals surface area (Å²) in [7, 11) is -3.91. The molecule has 0 heterocycles. The smallest absolute Gasteiger partial charge is 0.244 e. The van der Waals surface area contributed by atoms with Crippen LogP contribution in [0, 0.1) is 5.82 Å². The molecule has 10 heteroatoms. The number of hydrogen-bond acceptors (Lipinski definition) is 4. The van der Waals surface area contributed by atoms with Gasteiger partial charge in [0.25, 0.3) is 0 Å². The fourth-order valence-corrected chi connectivity index (χ4v) is 5.12. The molecule has 0 aliphatic rings. The van der Waals surface area contributed by atoms with Gasteiger partial charge in [-0.1, -0.05) is 65.3 Å². The summed E-state index contributed by atoms with van der Waals surface area (Å²) in [5.41, 5.74) is 1.78. The first-order valence-corrected chi connectivity index (χ1v) is 15.2. The number of carbonyl (C=O) groups excluding carboxylic acids is 2. The summed E-state index contributed by atoms with van der Waals surface area (Å²) in [4.78, 5) is 29.0. The molecule has 39 heavy (non-hydrogen) atoms. The Kier molecular flexibility index (Phi) is 10.7. The Bertz CT molecular complexity index is 1350. The van der Waals surface area contributed by atoms with Gasteiger partial charge in [0.05, 0.1) is 11.9 Å². The molecule has 0 fully saturated rings. The van der Waals surface area contributed by atoms with Crippen LogP contribution in [0.2, 0.25) is 0 Å². The number of anilines is 1. The zero-order valence-electron chi connectivity index (χ0n) is 22.2. The third-order valence-electron chi connectivity index (χ3n) is 6.33. The number of nitrogens with one attached hydrogen (secondary N) is 1. The Morgan fingerprint density at radius 3 is 2.13 bits per heavy atom. The van der Waals surface area contributed by atoms with Gasteiger partial charge in [-0.05, 0) is 60.9 Å². The zero-order valence-corrected chi connectivity index (χ0v) is 24.6. The van der Waals surface area contributed by atoms with Crippen LogP contribution in [0.5, 0.6) is 0 Å². The van der Waals surface area contributed by atoms with Crippen LogP contribution in [-0.4, -0.2) is 50.0 Å². The van der Waals surface area contributed by atoms with Gasteiger partial charge in [0.2, 0.25) is 21.8 Å². The van der Waals surface area contributed by atoms with E-state index in [2.05, 4.69) is 21.2 Å². The first kappa shape index (κ1) is 30.3. The lowest BCUT2D eigenvalue weighted by molar-refractivity contribution is -0.140. The second kappa shape index (κ2) is 13.7. The van der Waals surface area contributed by atoms with Gasteiger partial charge in [0.1, 0.15) is 18.4 Å². The third kappa shape index (κ3) is 8.90. The third-order valence-corrected chi connectivity index (χ3v) is 8.00. The summed E-state index contributed by atoms with van der Waals surface area (Å²) in [6.07, 6.45) is 1.93. The first-order chi connectivity index (χ1) is 18.5. The number of carbonyl (C=O) groups is 2. The van der Waals surface area contributed by atoms with Crippen molar-refractivity contribution in [1.82, 2.24) is 10.2 Å². The first-order valence-electron chi connectivity index (χ1n) is 12.6. The van der Waals surface area contributed by atoms with Crippen LogP contribution in [0.25, 0.3) is 0 Å². The molecule has 0 aromatic heterocycles. The van der Waals surface area contributed by atoms with Gasteiger partial charge in [0, 0.05) is 23.5 Å². The molecule has 0 aliphatic heterocycles. The predicted molar refractivity (Wildman–Crippen MR) is 155 cm³/mol. The molecule has 3 aromatic rings. The molecule has 0 unspecified atom stereocenters. The summed E-state index contributed by atoms with van der Waals surface area (Å²) < 4.78 is 40.8. The Morgan fingerprint density at radius 1 is 0.949 bits per heavy atom. The summed E-state index contributed by atoms with van der Waals surface area (Å²) in [6, 6.07) is 20.6. The normalized spacial score (nSPS) is 12.8. The summed E-state index contributed by atoms with van der Waals surface area (Å²) in [6.45, 7) is 3.37. The molecule has 7 nitrogen and oxygen atoms in total. The van der Waals surface area contributed by atoms with Crippen LogP contribution in [0.15, 0.2) is 83.3 Å². The van der Waals surface area contributed by atoms with Crippen molar-refractivity contribution in [3.05, 3.63) is 100 Å². The minimum absolute atomic E-state index is 0.0819. The van der Waals surface area contributed by atoms with Gasteiger partial charge in [-0.15, -0.1) is 0 Å². The largest absolute Gasteiger partial charge is 0.352 e. The highest BCUT2D eigenvalue weighted by atomic mass is 79.9. The average Bonchev–Trinajstić information content (AvgIpc) is 2.90. The maximum absolute atomic E-state index is 14.0. The Labute approximate surface area is 238 Å². The van der Waals surface area contributed by atoms with E-state index in [9.17, 15) is 22.4 Å². The predicted octanol–water partition coefficient (Wildman–Crippen LogP) is 4.91. The Hall–Kier alpha value is -3.24. The number of sulfonamides is 1. The van der Waals surface area contributed by atoms with E-state index in [1.807, 2.05) is 68.4 Å². The van der Waals surface area contributed by atoms with Gasteiger partial charge < -0.3 is 10.2 Å². The number of amides is 2. The lowest BCUT2D eigenvalue weighted by Gasteiger charge is -2.34. The van der Waals surface area contributed by atoms with E-state index in [1.165, 1.54) is 17.0 Å². The van der Waals surface area contributed by atoms with E-state index in [0.29, 0.717) is 6.42 Å². The molecule has 1 N–H and O–H groups in total. The number of benzene rings is 3. The molecule has 208 valence electrons. The van der Waals surface area contributed by atoms with E-state index in [1.54, 1.807) is 0 Å². The fourth-order valence-electron chi connectivity index (χ4n) is 4.00. The SMILES string of the molecule is CC[C@@H](C)NC(=O)[C@H](Cc1ccccc1)N(Cc1ccc(Br)cc1)C(=O)CN(c1ccc(F)cc1)S(C)(=O)=O. The van der Waals surface area contributed by atoms with Crippen LogP contribution >= 0.6 is 15.9 Å². The molecule has 0 saturated carbocycles. The van der Waals surface area contributed by atoms with E-state index in [-0.39, 0.29) is 30.6 Å². The second-order valence-electron chi connectivity index (χ2n) is 9.42. The van der Waals surface area contributed by atoms with Crippen molar-refractivity contribution in [2.45, 2.75) is 45.3 Å². The van der Waals surface area contributed by atoms with Crippen molar-refractivity contribution in [1.29, 1.82) is 0 Å². The maximum atomic E-state index is 14.0. The minimum Gasteiger partial charge on any atom is -0.352 e. The quantitative estimate of drug-likeness (QED) is 0.313. The molecule has 0 bridgehead atoms. The molecule has 0 radical (unpaired) electrons. The van der Waals surface area contributed by atoms with Crippen molar-refractivity contribution in [2.24, 2.45) is 0 Å². The van der Waals surface area contributed by atoms with Crippen LogP contribution in [0.1, 0.15) is 31.4 Å². The molecule has 0 saturated heterocycles. The van der Waals surface area contributed by atoms with Crippen LogP contribution < -0.4 is 9.62 Å². The molecule has 0 aliphatic carbocycles. The lowest BCUT2D eigenvalue weighted by Crippen LogP contribution is -2.54. The van der Waals surface area contributed by atoms with Crippen LogP contribution in [-0.2, 0) is 32.6 Å². The molecular weight excluding hydrogens is 585 g/mol. The summed E-state index contributed by atoms with van der Waals surface area (Å²) in [5, 5.41) is 2.99. The minimum atomic E-state index is -3.91. The molecule has 0 spiro atoms. The van der Waals surface area contributed by atoms with Gasteiger partial charge in [-0.3, -0.25) is 13.9 Å². The molecule has 3 rings (SSSR count). The number of hydrogen-bond donors (Lipinski definition) is 1. The van der Waals surface area contributed by atoms with Crippen LogP contribution in [0.4, 0.5) is 10.1 Å². The zero-order chi connectivity index (χ0) is 28.6. The lowest BCUT2D eigenvalue weighted by atomic mass is 10.0. The monoisotopic (exact) mass is 617 g/mol.